The van der Waals surface area contributed by atoms with Gasteiger partial charge in [-0.25, -0.2) is 8.42 Å². The third-order valence-corrected chi connectivity index (χ3v) is 5.87. The average Bonchev–Trinajstić information content (AvgIpc) is 2.95. The maximum Gasteiger partial charge on any atom is 0.266 e. The van der Waals surface area contributed by atoms with Crippen LogP contribution in [0.2, 0.25) is 0 Å². The van der Waals surface area contributed by atoms with Crippen molar-refractivity contribution in [2.45, 2.75) is 11.8 Å². The largest absolute Gasteiger partial charge is 0.379 e. The summed E-state index contributed by atoms with van der Waals surface area (Å²) in [6.07, 6.45) is 0. The van der Waals surface area contributed by atoms with E-state index in [0.29, 0.717) is 16.6 Å². The Balaban J connectivity index is 2.21. The fraction of sp³-hybridized carbons (Fsp3) is 0.333. The second kappa shape index (κ2) is 6.47. The van der Waals surface area contributed by atoms with Crippen molar-refractivity contribution in [2.24, 2.45) is 5.73 Å². The van der Waals surface area contributed by atoms with E-state index in [1.54, 1.807) is 12.1 Å². The molecule has 2 aromatic rings. The Bertz CT molecular complexity index is 944. The third-order valence-electron chi connectivity index (χ3n) is 3.89. The molecule has 0 aliphatic carbocycles. The Morgan fingerprint density at radius 2 is 1.96 bits per heavy atom. The highest BCUT2D eigenvalue weighted by Crippen LogP contribution is 2.31. The number of morpholine rings is 1. The highest BCUT2D eigenvalue weighted by atomic mass is 32.2. The molecule has 134 valence electrons. The number of sulfonamides is 1. The number of anilines is 1. The van der Waals surface area contributed by atoms with Gasteiger partial charge in [0.05, 0.1) is 13.2 Å². The van der Waals surface area contributed by atoms with Crippen LogP contribution in [0.4, 0.5) is 5.69 Å². The topological polar surface area (TPSA) is 135 Å². The van der Waals surface area contributed by atoms with Crippen LogP contribution >= 0.6 is 0 Å². The number of ether oxygens (including phenoxy) is 1. The van der Waals surface area contributed by atoms with Crippen LogP contribution in [0.5, 0.6) is 0 Å². The smallest absolute Gasteiger partial charge is 0.266 e. The summed E-state index contributed by atoms with van der Waals surface area (Å²) in [5.74, 6) is -1.16. The van der Waals surface area contributed by atoms with Crippen molar-refractivity contribution in [2.75, 3.05) is 31.6 Å². The lowest BCUT2D eigenvalue weighted by molar-refractivity contribution is -0.114. The maximum absolute atomic E-state index is 13.1. The van der Waals surface area contributed by atoms with Crippen LogP contribution in [0, 0.1) is 0 Å². The van der Waals surface area contributed by atoms with Gasteiger partial charge in [0.15, 0.2) is 0 Å². The Morgan fingerprint density at radius 3 is 2.56 bits per heavy atom. The monoisotopic (exact) mass is 366 g/mol. The predicted molar refractivity (Wildman–Crippen MR) is 90.7 cm³/mol. The van der Waals surface area contributed by atoms with Gasteiger partial charge in [0.25, 0.3) is 5.91 Å². The summed E-state index contributed by atoms with van der Waals surface area (Å²) in [4.78, 5) is 25.6. The highest BCUT2D eigenvalue weighted by molar-refractivity contribution is 7.89. The van der Waals surface area contributed by atoms with Crippen molar-refractivity contribution in [3.05, 3.63) is 23.9 Å². The molecule has 0 spiro atoms. The van der Waals surface area contributed by atoms with Gasteiger partial charge in [0.1, 0.15) is 10.6 Å². The van der Waals surface area contributed by atoms with E-state index in [9.17, 15) is 18.0 Å². The summed E-state index contributed by atoms with van der Waals surface area (Å²) in [6.45, 7) is 2.30. The standard InChI is InChI=1S/C15H18N4O5S/c1-9(20)17-10-2-3-12-11(8-10)14(13(18-12)15(16)21)25(22,23)19-4-6-24-7-5-19/h2-3,8,18H,4-7H2,1H3,(H2,16,21)(H,17,20). The molecule has 4 N–H and O–H groups in total. The first-order chi connectivity index (χ1) is 11.8. The van der Waals surface area contributed by atoms with Crippen molar-refractivity contribution in [1.82, 2.24) is 9.29 Å². The van der Waals surface area contributed by atoms with Crippen LogP contribution in [0.3, 0.4) is 0 Å². The SMILES string of the molecule is CC(=O)Nc1ccc2[nH]c(C(N)=O)c(S(=O)(=O)N3CCOCC3)c2c1. The minimum atomic E-state index is -3.96. The second-order valence-corrected chi connectivity index (χ2v) is 7.53. The summed E-state index contributed by atoms with van der Waals surface area (Å²) in [5.41, 5.74) is 6.06. The second-order valence-electron chi connectivity index (χ2n) is 5.65. The summed E-state index contributed by atoms with van der Waals surface area (Å²) < 4.78 is 32.6. The Hall–Kier alpha value is -2.43. The molecule has 1 fully saturated rings. The van der Waals surface area contributed by atoms with Gasteiger partial charge in [-0.05, 0) is 18.2 Å². The number of nitrogens with zero attached hydrogens (tertiary/aromatic N) is 1. The van der Waals surface area contributed by atoms with Gasteiger partial charge in [0.2, 0.25) is 15.9 Å². The molecule has 25 heavy (non-hydrogen) atoms. The van der Waals surface area contributed by atoms with E-state index in [-0.39, 0.29) is 42.8 Å². The van der Waals surface area contributed by atoms with Crippen molar-refractivity contribution >= 4 is 38.4 Å². The van der Waals surface area contributed by atoms with Gasteiger partial charge in [-0.2, -0.15) is 4.31 Å². The van der Waals surface area contributed by atoms with E-state index >= 15 is 0 Å². The van der Waals surface area contributed by atoms with Gasteiger partial charge >= 0.3 is 0 Å². The maximum atomic E-state index is 13.1. The molecule has 9 nitrogen and oxygen atoms in total. The van der Waals surface area contributed by atoms with E-state index in [2.05, 4.69) is 10.3 Å². The Labute approximate surface area is 144 Å². The zero-order valence-corrected chi connectivity index (χ0v) is 14.4. The number of aromatic amines is 1. The number of amides is 2. The van der Waals surface area contributed by atoms with Crippen molar-refractivity contribution in [3.63, 3.8) is 0 Å². The molecule has 0 saturated carbocycles. The first-order valence-corrected chi connectivity index (χ1v) is 9.05. The van der Waals surface area contributed by atoms with E-state index in [1.165, 1.54) is 17.3 Å². The first-order valence-electron chi connectivity index (χ1n) is 7.61. The van der Waals surface area contributed by atoms with Crippen molar-refractivity contribution in [1.29, 1.82) is 0 Å². The first kappa shape index (κ1) is 17.4. The van der Waals surface area contributed by atoms with Crippen LogP contribution in [0.25, 0.3) is 10.9 Å². The molecule has 1 aromatic carbocycles. The highest BCUT2D eigenvalue weighted by Gasteiger charge is 2.33. The number of hydrogen-bond acceptors (Lipinski definition) is 5. The number of fused-ring (bicyclic) bond motifs is 1. The summed E-state index contributed by atoms with van der Waals surface area (Å²) >= 11 is 0. The van der Waals surface area contributed by atoms with Crippen LogP contribution in [0.15, 0.2) is 23.1 Å². The summed E-state index contributed by atoms with van der Waals surface area (Å²) in [6, 6.07) is 4.70. The van der Waals surface area contributed by atoms with E-state index in [1.807, 2.05) is 0 Å². The number of carbonyl (C=O) groups is 2. The molecule has 1 aromatic heterocycles. The fourth-order valence-corrected chi connectivity index (χ4v) is 4.55. The molecule has 2 heterocycles. The average molecular weight is 366 g/mol. The minimum absolute atomic E-state index is 0.177. The van der Waals surface area contributed by atoms with Gasteiger partial charge in [-0.15, -0.1) is 0 Å². The summed E-state index contributed by atoms with van der Waals surface area (Å²) in [7, 11) is -3.96. The molecule has 0 bridgehead atoms. The molecule has 0 atom stereocenters. The van der Waals surface area contributed by atoms with Crippen molar-refractivity contribution < 1.29 is 22.7 Å². The van der Waals surface area contributed by atoms with E-state index in [0.717, 1.165) is 0 Å². The lowest BCUT2D eigenvalue weighted by Gasteiger charge is -2.26. The normalized spacial score (nSPS) is 16.0. The molecule has 10 heteroatoms. The number of carbonyl (C=O) groups excluding carboxylic acids is 2. The molecular weight excluding hydrogens is 348 g/mol. The molecule has 1 aliphatic rings. The van der Waals surface area contributed by atoms with Crippen LogP contribution in [-0.4, -0.2) is 55.8 Å². The zero-order valence-electron chi connectivity index (χ0n) is 13.5. The van der Waals surface area contributed by atoms with Gasteiger partial charge in [0, 0.05) is 36.6 Å². The lowest BCUT2D eigenvalue weighted by atomic mass is 10.2. The van der Waals surface area contributed by atoms with Gasteiger partial charge < -0.3 is 20.8 Å². The molecule has 3 rings (SSSR count). The molecule has 1 aliphatic heterocycles. The molecule has 1 saturated heterocycles. The van der Waals surface area contributed by atoms with E-state index in [4.69, 9.17) is 10.5 Å². The number of nitrogens with one attached hydrogen (secondary N) is 2. The lowest BCUT2D eigenvalue weighted by Crippen LogP contribution is -2.41. The number of H-pyrrole nitrogens is 1. The zero-order chi connectivity index (χ0) is 18.2. The summed E-state index contributed by atoms with van der Waals surface area (Å²) in [5, 5.41) is 2.89. The molecular formula is C15H18N4O5S. The number of rotatable bonds is 4. The molecule has 0 unspecified atom stereocenters. The number of primary amides is 1. The van der Waals surface area contributed by atoms with Gasteiger partial charge in [-0.1, -0.05) is 0 Å². The van der Waals surface area contributed by atoms with Crippen LogP contribution < -0.4 is 11.1 Å². The van der Waals surface area contributed by atoms with Crippen molar-refractivity contribution in [3.8, 4) is 0 Å². The molecule has 0 radical (unpaired) electrons. The van der Waals surface area contributed by atoms with Crippen LogP contribution in [-0.2, 0) is 19.6 Å². The number of benzene rings is 1. The Morgan fingerprint density at radius 1 is 1.28 bits per heavy atom. The van der Waals surface area contributed by atoms with Crippen LogP contribution in [0.1, 0.15) is 17.4 Å². The number of aromatic nitrogens is 1. The predicted octanol–water partition coefficient (Wildman–Crippen LogP) is 0.246. The quantitative estimate of drug-likeness (QED) is 0.713. The van der Waals surface area contributed by atoms with Gasteiger partial charge in [-0.3, -0.25) is 9.59 Å². The molecule has 2 amide bonds. The number of hydrogen-bond donors (Lipinski definition) is 3. The minimum Gasteiger partial charge on any atom is -0.379 e. The number of nitrogens with two attached hydrogens (primary N) is 1. The third kappa shape index (κ3) is 3.23. The Kier molecular flexibility index (Phi) is 4.50. The van der Waals surface area contributed by atoms with E-state index < -0.39 is 15.9 Å². The fourth-order valence-electron chi connectivity index (χ4n) is 2.81.